The molecule has 2 atom stereocenters. The van der Waals surface area contributed by atoms with Crippen molar-refractivity contribution in [1.82, 2.24) is 15.1 Å². The fraction of sp³-hybridized carbons (Fsp3) is 0.938. The molecule has 20 heavy (non-hydrogen) atoms. The van der Waals surface area contributed by atoms with Gasteiger partial charge in [-0.3, -0.25) is 9.69 Å². The fourth-order valence-electron chi connectivity index (χ4n) is 4.20. The summed E-state index contributed by atoms with van der Waals surface area (Å²) < 4.78 is 0. The highest BCUT2D eigenvalue weighted by Gasteiger charge is 2.33. The van der Waals surface area contributed by atoms with Crippen LogP contribution >= 0.6 is 0 Å². The topological polar surface area (TPSA) is 35.6 Å². The van der Waals surface area contributed by atoms with Crippen LogP contribution in [0.5, 0.6) is 0 Å². The van der Waals surface area contributed by atoms with Crippen molar-refractivity contribution in [2.45, 2.75) is 45.1 Å². The van der Waals surface area contributed by atoms with Gasteiger partial charge in [-0.1, -0.05) is 6.92 Å². The predicted molar refractivity (Wildman–Crippen MR) is 80.5 cm³/mol. The van der Waals surface area contributed by atoms with Gasteiger partial charge >= 0.3 is 0 Å². The molecule has 4 nitrogen and oxygen atoms in total. The first-order valence-corrected chi connectivity index (χ1v) is 8.46. The van der Waals surface area contributed by atoms with Crippen LogP contribution in [0.3, 0.4) is 0 Å². The van der Waals surface area contributed by atoms with Crippen LogP contribution in [-0.4, -0.2) is 61.0 Å². The zero-order valence-electron chi connectivity index (χ0n) is 12.8. The van der Waals surface area contributed by atoms with Crippen molar-refractivity contribution < 1.29 is 4.79 Å². The van der Waals surface area contributed by atoms with Crippen LogP contribution in [-0.2, 0) is 4.79 Å². The third-order valence-electron chi connectivity index (χ3n) is 5.63. The van der Waals surface area contributed by atoms with Crippen molar-refractivity contribution in [3.05, 3.63) is 0 Å². The number of nitrogens with zero attached hydrogens (tertiary/aromatic N) is 2. The van der Waals surface area contributed by atoms with Gasteiger partial charge in [-0.25, -0.2) is 0 Å². The first kappa shape index (κ1) is 14.3. The highest BCUT2D eigenvalue weighted by Crippen LogP contribution is 2.26. The molecule has 3 saturated heterocycles. The number of amides is 1. The highest BCUT2D eigenvalue weighted by molar-refractivity contribution is 5.76. The van der Waals surface area contributed by atoms with Gasteiger partial charge in [0, 0.05) is 32.1 Å². The second-order valence-electron chi connectivity index (χ2n) is 6.94. The SMILES string of the molecule is CC(CC(=O)N1CCN2CCCC2C1)C1CCNCC1. The zero-order valence-corrected chi connectivity index (χ0v) is 12.8. The minimum atomic E-state index is 0.405. The van der Waals surface area contributed by atoms with E-state index in [9.17, 15) is 4.79 Å². The van der Waals surface area contributed by atoms with Crippen molar-refractivity contribution in [2.24, 2.45) is 11.8 Å². The molecule has 3 aliphatic heterocycles. The summed E-state index contributed by atoms with van der Waals surface area (Å²) in [6.45, 7) is 8.82. The fourth-order valence-corrected chi connectivity index (χ4v) is 4.20. The lowest BCUT2D eigenvalue weighted by molar-refractivity contribution is -0.135. The molecule has 3 rings (SSSR count). The van der Waals surface area contributed by atoms with E-state index >= 15 is 0 Å². The number of fused-ring (bicyclic) bond motifs is 1. The molecule has 1 N–H and O–H groups in total. The minimum Gasteiger partial charge on any atom is -0.340 e. The van der Waals surface area contributed by atoms with Gasteiger partial charge in [0.15, 0.2) is 0 Å². The van der Waals surface area contributed by atoms with E-state index in [4.69, 9.17) is 0 Å². The summed E-state index contributed by atoms with van der Waals surface area (Å²) in [5.74, 6) is 1.70. The quantitative estimate of drug-likeness (QED) is 0.846. The van der Waals surface area contributed by atoms with Crippen molar-refractivity contribution >= 4 is 5.91 Å². The molecular formula is C16H29N3O. The van der Waals surface area contributed by atoms with Crippen molar-refractivity contribution in [3.8, 4) is 0 Å². The summed E-state index contributed by atoms with van der Waals surface area (Å²) in [4.78, 5) is 17.2. The van der Waals surface area contributed by atoms with Gasteiger partial charge in [0.2, 0.25) is 5.91 Å². The molecule has 2 unspecified atom stereocenters. The van der Waals surface area contributed by atoms with Crippen LogP contribution in [0.2, 0.25) is 0 Å². The third kappa shape index (κ3) is 3.17. The molecule has 114 valence electrons. The number of piperazine rings is 1. The van der Waals surface area contributed by atoms with E-state index in [1.54, 1.807) is 0 Å². The molecular weight excluding hydrogens is 250 g/mol. The summed E-state index contributed by atoms with van der Waals surface area (Å²) >= 11 is 0. The van der Waals surface area contributed by atoms with Crippen molar-refractivity contribution in [3.63, 3.8) is 0 Å². The van der Waals surface area contributed by atoms with Gasteiger partial charge in [-0.05, 0) is 57.2 Å². The maximum atomic E-state index is 12.5. The molecule has 3 heterocycles. The molecule has 0 saturated carbocycles. The van der Waals surface area contributed by atoms with E-state index in [-0.39, 0.29) is 0 Å². The Morgan fingerprint density at radius 1 is 1.20 bits per heavy atom. The van der Waals surface area contributed by atoms with E-state index in [1.807, 2.05) is 0 Å². The largest absolute Gasteiger partial charge is 0.340 e. The van der Waals surface area contributed by atoms with Crippen LogP contribution < -0.4 is 5.32 Å². The molecule has 0 aromatic heterocycles. The molecule has 0 bridgehead atoms. The number of nitrogens with one attached hydrogen (secondary N) is 1. The van der Waals surface area contributed by atoms with Crippen LogP contribution in [0.1, 0.15) is 39.0 Å². The number of hydrogen-bond donors (Lipinski definition) is 1. The molecule has 3 fully saturated rings. The van der Waals surface area contributed by atoms with Crippen LogP contribution in [0.25, 0.3) is 0 Å². The summed E-state index contributed by atoms with van der Waals surface area (Å²) in [5, 5.41) is 3.41. The minimum absolute atomic E-state index is 0.405. The Morgan fingerprint density at radius 2 is 2.00 bits per heavy atom. The summed E-state index contributed by atoms with van der Waals surface area (Å²) in [6.07, 6.45) is 5.85. The zero-order chi connectivity index (χ0) is 13.9. The Kier molecular flexibility index (Phi) is 4.61. The number of hydrogen-bond acceptors (Lipinski definition) is 3. The average Bonchev–Trinajstić information content (AvgIpc) is 2.95. The average molecular weight is 279 g/mol. The Hall–Kier alpha value is -0.610. The third-order valence-corrected chi connectivity index (χ3v) is 5.63. The van der Waals surface area contributed by atoms with Gasteiger partial charge in [0.25, 0.3) is 0 Å². The predicted octanol–water partition coefficient (Wildman–Crippen LogP) is 1.32. The first-order chi connectivity index (χ1) is 9.74. The van der Waals surface area contributed by atoms with E-state index in [0.29, 0.717) is 17.9 Å². The van der Waals surface area contributed by atoms with Crippen molar-refractivity contribution in [1.29, 1.82) is 0 Å². The molecule has 4 heteroatoms. The molecule has 0 aromatic carbocycles. The highest BCUT2D eigenvalue weighted by atomic mass is 16.2. The lowest BCUT2D eigenvalue weighted by Gasteiger charge is -2.38. The summed E-state index contributed by atoms with van der Waals surface area (Å²) in [5.41, 5.74) is 0. The first-order valence-electron chi connectivity index (χ1n) is 8.46. The maximum absolute atomic E-state index is 12.5. The maximum Gasteiger partial charge on any atom is 0.222 e. The molecule has 0 spiro atoms. The van der Waals surface area contributed by atoms with Gasteiger partial charge in [0.05, 0.1) is 0 Å². The normalized spacial score (nSPS) is 30.2. The second-order valence-corrected chi connectivity index (χ2v) is 6.94. The number of carbonyl (C=O) groups excluding carboxylic acids is 1. The number of carbonyl (C=O) groups is 1. The van der Waals surface area contributed by atoms with E-state index < -0.39 is 0 Å². The number of rotatable bonds is 3. The summed E-state index contributed by atoms with van der Waals surface area (Å²) in [7, 11) is 0. The summed E-state index contributed by atoms with van der Waals surface area (Å²) in [6, 6.07) is 0.655. The van der Waals surface area contributed by atoms with E-state index in [1.165, 1.54) is 32.2 Å². The lowest BCUT2D eigenvalue weighted by Crippen LogP contribution is -2.52. The molecule has 1 amide bonds. The number of piperidine rings is 1. The van der Waals surface area contributed by atoms with Gasteiger partial charge in [-0.2, -0.15) is 0 Å². The van der Waals surface area contributed by atoms with Crippen LogP contribution in [0, 0.1) is 11.8 Å². The van der Waals surface area contributed by atoms with Crippen LogP contribution in [0.4, 0.5) is 0 Å². The van der Waals surface area contributed by atoms with E-state index in [0.717, 1.165) is 45.1 Å². The van der Waals surface area contributed by atoms with Gasteiger partial charge in [-0.15, -0.1) is 0 Å². The lowest BCUT2D eigenvalue weighted by atomic mass is 9.84. The van der Waals surface area contributed by atoms with Gasteiger partial charge < -0.3 is 10.2 Å². The Labute approximate surface area is 122 Å². The Morgan fingerprint density at radius 3 is 2.80 bits per heavy atom. The molecule has 0 radical (unpaired) electrons. The second kappa shape index (κ2) is 6.44. The Balaban J connectivity index is 1.48. The molecule has 0 aromatic rings. The standard InChI is InChI=1S/C16H29N3O/c1-13(14-4-6-17-7-5-14)11-16(20)19-10-9-18-8-2-3-15(18)12-19/h13-15,17H,2-12H2,1H3. The smallest absolute Gasteiger partial charge is 0.222 e. The Bertz CT molecular complexity index is 341. The molecule has 3 aliphatic rings. The van der Waals surface area contributed by atoms with Gasteiger partial charge in [0.1, 0.15) is 0 Å². The van der Waals surface area contributed by atoms with Crippen molar-refractivity contribution in [2.75, 3.05) is 39.3 Å². The monoisotopic (exact) mass is 279 g/mol. The van der Waals surface area contributed by atoms with E-state index in [2.05, 4.69) is 22.0 Å². The van der Waals surface area contributed by atoms with Crippen LogP contribution in [0.15, 0.2) is 0 Å². The molecule has 0 aliphatic carbocycles.